The highest BCUT2D eigenvalue weighted by Crippen LogP contribution is 2.42. The number of nitrogens with zero attached hydrogens (tertiary/aromatic N) is 3. The second-order valence-electron chi connectivity index (χ2n) is 8.49. The minimum atomic E-state index is 0.178. The fourth-order valence-electron chi connectivity index (χ4n) is 5.26. The maximum atomic E-state index is 12.8. The van der Waals surface area contributed by atoms with Crippen molar-refractivity contribution in [2.45, 2.75) is 38.5 Å². The molecule has 4 aliphatic rings. The number of hydrogen-bond donors (Lipinski definition) is 0. The van der Waals surface area contributed by atoms with E-state index in [4.69, 9.17) is 4.74 Å². The molecule has 3 saturated heterocycles. The molecule has 25 heavy (non-hydrogen) atoms. The Labute approximate surface area is 153 Å². The van der Waals surface area contributed by atoms with Crippen LogP contribution >= 0.6 is 11.3 Å². The summed E-state index contributed by atoms with van der Waals surface area (Å²) < 4.78 is 5.46. The highest BCUT2D eigenvalue weighted by atomic mass is 32.1. The Morgan fingerprint density at radius 2 is 1.84 bits per heavy atom. The Morgan fingerprint density at radius 1 is 1.16 bits per heavy atom. The minimum absolute atomic E-state index is 0.178. The standard InChI is InChI=1S/C19H27N3O2S/c23-17(22-12-19(13-22)5-7-24-8-6-19)16-9-20-18(25-16)21-10-14-3-1-2-4-15(14)11-21/h9,14-15H,1-8,10-13H2. The average molecular weight is 362 g/mol. The lowest BCUT2D eigenvalue weighted by Crippen LogP contribution is -2.60. The van der Waals surface area contributed by atoms with Gasteiger partial charge in [0.15, 0.2) is 5.13 Å². The molecular weight excluding hydrogens is 334 g/mol. The Kier molecular flexibility index (Phi) is 4.01. The van der Waals surface area contributed by atoms with Crippen LogP contribution in [0.1, 0.15) is 48.2 Å². The topological polar surface area (TPSA) is 45.7 Å². The number of anilines is 1. The summed E-state index contributed by atoms with van der Waals surface area (Å²) in [7, 11) is 0. The Bertz CT molecular complexity index is 633. The van der Waals surface area contributed by atoms with Crippen LogP contribution in [0.3, 0.4) is 0 Å². The molecule has 4 fully saturated rings. The highest BCUT2D eigenvalue weighted by Gasteiger charge is 2.46. The fraction of sp³-hybridized carbons (Fsp3) is 0.789. The summed E-state index contributed by atoms with van der Waals surface area (Å²) in [5.41, 5.74) is 0.339. The summed E-state index contributed by atoms with van der Waals surface area (Å²) in [6.07, 6.45) is 9.52. The van der Waals surface area contributed by atoms with Gasteiger partial charge < -0.3 is 14.5 Å². The number of carbonyl (C=O) groups is 1. The lowest BCUT2D eigenvalue weighted by Gasteiger charge is -2.52. The lowest BCUT2D eigenvalue weighted by atomic mass is 9.73. The smallest absolute Gasteiger partial charge is 0.265 e. The first-order valence-electron chi connectivity index (χ1n) is 9.80. The molecule has 1 saturated carbocycles. The van der Waals surface area contributed by atoms with Crippen LogP contribution in [0.2, 0.25) is 0 Å². The maximum Gasteiger partial charge on any atom is 0.265 e. The van der Waals surface area contributed by atoms with Crippen LogP contribution in [0.5, 0.6) is 0 Å². The van der Waals surface area contributed by atoms with Gasteiger partial charge in [-0.25, -0.2) is 4.98 Å². The number of ether oxygens (including phenoxy) is 1. The van der Waals surface area contributed by atoms with Crippen molar-refractivity contribution >= 4 is 22.4 Å². The van der Waals surface area contributed by atoms with Gasteiger partial charge in [-0.1, -0.05) is 24.2 Å². The zero-order valence-electron chi connectivity index (χ0n) is 14.8. The van der Waals surface area contributed by atoms with Crippen LogP contribution in [0.25, 0.3) is 0 Å². The molecule has 5 rings (SSSR count). The first-order valence-corrected chi connectivity index (χ1v) is 10.6. The zero-order valence-corrected chi connectivity index (χ0v) is 15.6. The molecule has 5 nitrogen and oxygen atoms in total. The average Bonchev–Trinajstić information content (AvgIpc) is 3.26. The first kappa shape index (κ1) is 16.1. The van der Waals surface area contributed by atoms with Crippen LogP contribution in [-0.4, -0.2) is 55.2 Å². The van der Waals surface area contributed by atoms with Crippen LogP contribution in [0.15, 0.2) is 6.20 Å². The Hall–Kier alpha value is -1.14. The quantitative estimate of drug-likeness (QED) is 0.812. The predicted octanol–water partition coefficient (Wildman–Crippen LogP) is 3.02. The summed E-state index contributed by atoms with van der Waals surface area (Å²) in [5.74, 6) is 1.87. The van der Waals surface area contributed by atoms with E-state index in [2.05, 4.69) is 9.88 Å². The molecule has 2 atom stereocenters. The van der Waals surface area contributed by atoms with E-state index >= 15 is 0 Å². The van der Waals surface area contributed by atoms with Gasteiger partial charge >= 0.3 is 0 Å². The molecule has 2 unspecified atom stereocenters. The van der Waals surface area contributed by atoms with Crippen LogP contribution in [-0.2, 0) is 4.74 Å². The van der Waals surface area contributed by atoms with E-state index in [1.807, 2.05) is 4.90 Å². The molecule has 0 bridgehead atoms. The van der Waals surface area contributed by atoms with E-state index in [1.54, 1.807) is 17.5 Å². The summed E-state index contributed by atoms with van der Waals surface area (Å²) in [6, 6.07) is 0. The van der Waals surface area contributed by atoms with Crippen molar-refractivity contribution < 1.29 is 9.53 Å². The van der Waals surface area contributed by atoms with E-state index < -0.39 is 0 Å². The number of amides is 1. The molecular formula is C19H27N3O2S. The van der Waals surface area contributed by atoms with Gasteiger partial charge in [-0.2, -0.15) is 0 Å². The van der Waals surface area contributed by atoms with Crippen molar-refractivity contribution in [2.24, 2.45) is 17.3 Å². The van der Waals surface area contributed by atoms with E-state index in [9.17, 15) is 4.79 Å². The number of carbonyl (C=O) groups excluding carboxylic acids is 1. The second kappa shape index (κ2) is 6.23. The molecule has 1 aromatic rings. The molecule has 0 N–H and O–H groups in total. The minimum Gasteiger partial charge on any atom is -0.381 e. The molecule has 0 radical (unpaired) electrons. The normalized spacial score (nSPS) is 31.0. The maximum absolute atomic E-state index is 12.8. The van der Waals surface area contributed by atoms with Crippen molar-refractivity contribution in [3.8, 4) is 0 Å². The first-order chi connectivity index (χ1) is 12.2. The molecule has 6 heteroatoms. The van der Waals surface area contributed by atoms with Gasteiger partial charge in [0.05, 0.1) is 6.20 Å². The van der Waals surface area contributed by atoms with Gasteiger partial charge in [-0.15, -0.1) is 0 Å². The highest BCUT2D eigenvalue weighted by molar-refractivity contribution is 7.17. The SMILES string of the molecule is O=C(c1cnc(N2CC3CCCCC3C2)s1)N1CC2(CCOCC2)C1. The van der Waals surface area contributed by atoms with Gasteiger partial charge in [0, 0.05) is 44.8 Å². The van der Waals surface area contributed by atoms with Crippen LogP contribution in [0.4, 0.5) is 5.13 Å². The molecule has 1 aromatic heterocycles. The molecule has 4 heterocycles. The monoisotopic (exact) mass is 361 g/mol. The number of rotatable bonds is 2. The summed E-state index contributed by atoms with van der Waals surface area (Å²) in [6.45, 7) is 5.78. The van der Waals surface area contributed by atoms with Gasteiger partial charge in [0.25, 0.3) is 5.91 Å². The van der Waals surface area contributed by atoms with E-state index in [1.165, 1.54) is 25.7 Å². The Morgan fingerprint density at radius 3 is 2.52 bits per heavy atom. The Balaban J connectivity index is 1.22. The largest absolute Gasteiger partial charge is 0.381 e. The van der Waals surface area contributed by atoms with E-state index in [-0.39, 0.29) is 5.91 Å². The summed E-state index contributed by atoms with van der Waals surface area (Å²) in [5, 5.41) is 1.05. The van der Waals surface area contributed by atoms with Gasteiger partial charge in [0.1, 0.15) is 4.88 Å². The fourth-order valence-corrected chi connectivity index (χ4v) is 6.16. The third kappa shape index (κ3) is 2.87. The number of fused-ring (bicyclic) bond motifs is 1. The third-order valence-electron chi connectivity index (χ3n) is 6.84. The van der Waals surface area contributed by atoms with E-state index in [0.717, 1.165) is 74.1 Å². The van der Waals surface area contributed by atoms with Crippen LogP contribution in [0, 0.1) is 17.3 Å². The number of aromatic nitrogens is 1. The summed E-state index contributed by atoms with van der Waals surface area (Å²) >= 11 is 1.60. The lowest BCUT2D eigenvalue weighted by molar-refractivity contribution is -0.0665. The molecule has 136 valence electrons. The van der Waals surface area contributed by atoms with Crippen molar-refractivity contribution in [3.05, 3.63) is 11.1 Å². The van der Waals surface area contributed by atoms with Crippen molar-refractivity contribution in [1.29, 1.82) is 0 Å². The molecule has 1 amide bonds. The number of likely N-dealkylation sites (tertiary alicyclic amines) is 1. The van der Waals surface area contributed by atoms with E-state index in [0.29, 0.717) is 5.41 Å². The van der Waals surface area contributed by atoms with Gasteiger partial charge in [-0.05, 0) is 37.5 Å². The molecule has 1 aliphatic carbocycles. The van der Waals surface area contributed by atoms with Crippen LogP contribution < -0.4 is 4.90 Å². The van der Waals surface area contributed by atoms with Crippen molar-refractivity contribution in [3.63, 3.8) is 0 Å². The second-order valence-corrected chi connectivity index (χ2v) is 9.50. The third-order valence-corrected chi connectivity index (χ3v) is 7.89. The van der Waals surface area contributed by atoms with Gasteiger partial charge in [-0.3, -0.25) is 4.79 Å². The predicted molar refractivity (Wildman–Crippen MR) is 98.2 cm³/mol. The molecule has 1 spiro atoms. The number of hydrogen-bond acceptors (Lipinski definition) is 5. The summed E-state index contributed by atoms with van der Waals surface area (Å²) in [4.78, 5) is 22.6. The molecule has 0 aromatic carbocycles. The van der Waals surface area contributed by atoms with Crippen molar-refractivity contribution in [1.82, 2.24) is 9.88 Å². The zero-order chi connectivity index (χ0) is 16.9. The molecule has 3 aliphatic heterocycles. The van der Waals surface area contributed by atoms with Crippen molar-refractivity contribution in [2.75, 3.05) is 44.3 Å². The van der Waals surface area contributed by atoms with Gasteiger partial charge in [0.2, 0.25) is 0 Å². The number of thiazole rings is 1.